The second-order valence-corrected chi connectivity index (χ2v) is 12.7. The Morgan fingerprint density at radius 3 is 2.32 bits per heavy atom. The third-order valence-electron chi connectivity index (χ3n) is 10.7. The van der Waals surface area contributed by atoms with Crippen molar-refractivity contribution in [3.63, 3.8) is 0 Å². The molecule has 2 bridgehead atoms. The third kappa shape index (κ3) is 3.26. The van der Waals surface area contributed by atoms with Gasteiger partial charge in [-0.25, -0.2) is 0 Å². The molecule has 8 heteroatoms. The van der Waals surface area contributed by atoms with Gasteiger partial charge in [-0.15, -0.1) is 0 Å². The number of aliphatic hydroxyl groups excluding tert-OH is 6. The van der Waals surface area contributed by atoms with Crippen LogP contribution in [-0.2, 0) is 9.47 Å². The monoisotopic (exact) mass is 482 g/mol. The highest BCUT2D eigenvalue weighted by atomic mass is 16.7. The van der Waals surface area contributed by atoms with Gasteiger partial charge in [0.25, 0.3) is 0 Å². The lowest BCUT2D eigenvalue weighted by molar-refractivity contribution is -0.323. The number of rotatable bonds is 3. The molecule has 1 saturated heterocycles. The topological polar surface area (TPSA) is 140 Å². The summed E-state index contributed by atoms with van der Waals surface area (Å²) in [5, 5.41) is 63.1. The fourth-order valence-corrected chi connectivity index (χ4v) is 9.34. The molecular formula is C26H42O8. The molecule has 194 valence electrons. The normalized spacial score (nSPS) is 56.6. The van der Waals surface area contributed by atoms with Crippen molar-refractivity contribution in [3.05, 3.63) is 12.2 Å². The fraction of sp³-hybridized carbons (Fsp3) is 0.923. The molecule has 0 aromatic heterocycles. The van der Waals surface area contributed by atoms with Crippen LogP contribution in [0.3, 0.4) is 0 Å². The summed E-state index contributed by atoms with van der Waals surface area (Å²) in [6.07, 6.45) is -3.19. The number of hydrogen-bond donors (Lipinski definition) is 6. The summed E-state index contributed by atoms with van der Waals surface area (Å²) in [6, 6.07) is 0. The molecule has 0 aromatic carbocycles. The highest BCUT2D eigenvalue weighted by Crippen LogP contribution is 2.72. The van der Waals surface area contributed by atoms with Crippen LogP contribution in [0.1, 0.15) is 59.3 Å². The average Bonchev–Trinajstić information content (AvgIpc) is 2.87. The summed E-state index contributed by atoms with van der Waals surface area (Å²) < 4.78 is 11.9. The van der Waals surface area contributed by atoms with Gasteiger partial charge in [0.2, 0.25) is 0 Å². The van der Waals surface area contributed by atoms with Crippen molar-refractivity contribution in [3.8, 4) is 0 Å². The Labute approximate surface area is 201 Å². The van der Waals surface area contributed by atoms with E-state index in [1.807, 2.05) is 0 Å². The average molecular weight is 483 g/mol. The smallest absolute Gasteiger partial charge is 0.186 e. The Hall–Kier alpha value is -0.580. The first-order valence-corrected chi connectivity index (χ1v) is 12.9. The standard InChI is InChI=1S/C26H42O8/c1-12-14-5-6-17-25(4)10-13(33-23-20(30)19(29)18(28)15(11-27)34-23)9-24(2,3)16(25)7-8-26(17,21(12)31)22(14)32/h13-23,27-32H,1,5-11H2,2-4H3. The van der Waals surface area contributed by atoms with Gasteiger partial charge < -0.3 is 40.1 Å². The molecule has 5 fully saturated rings. The van der Waals surface area contributed by atoms with E-state index in [0.717, 1.165) is 37.7 Å². The molecule has 13 atom stereocenters. The van der Waals surface area contributed by atoms with Crippen molar-refractivity contribution in [2.45, 2.75) is 108 Å². The lowest BCUT2D eigenvalue weighted by Gasteiger charge is -2.66. The Bertz CT molecular complexity index is 815. The lowest BCUT2D eigenvalue weighted by Crippen LogP contribution is -2.64. The van der Waals surface area contributed by atoms with Gasteiger partial charge in [0.1, 0.15) is 24.4 Å². The molecule has 0 aromatic rings. The Balaban J connectivity index is 1.44. The molecule has 4 aliphatic carbocycles. The molecule has 6 N–H and O–H groups in total. The Kier molecular flexibility index (Phi) is 6.06. The molecule has 0 amide bonds. The molecule has 34 heavy (non-hydrogen) atoms. The predicted octanol–water partition coefficient (Wildman–Crippen LogP) is 0.712. The summed E-state index contributed by atoms with van der Waals surface area (Å²) in [6.45, 7) is 10.4. The first kappa shape index (κ1) is 25.1. The molecule has 8 nitrogen and oxygen atoms in total. The van der Waals surface area contributed by atoms with Gasteiger partial charge in [-0.1, -0.05) is 27.4 Å². The molecule has 0 radical (unpaired) electrons. The molecule has 4 saturated carbocycles. The second-order valence-electron chi connectivity index (χ2n) is 12.7. The zero-order valence-electron chi connectivity index (χ0n) is 20.5. The lowest BCUT2D eigenvalue weighted by atomic mass is 9.40. The van der Waals surface area contributed by atoms with Crippen molar-refractivity contribution in [1.29, 1.82) is 0 Å². The number of ether oxygens (including phenoxy) is 2. The predicted molar refractivity (Wildman–Crippen MR) is 122 cm³/mol. The maximum absolute atomic E-state index is 11.4. The van der Waals surface area contributed by atoms with Crippen molar-refractivity contribution in [1.82, 2.24) is 0 Å². The molecular weight excluding hydrogens is 440 g/mol. The van der Waals surface area contributed by atoms with E-state index in [-0.39, 0.29) is 28.8 Å². The molecule has 1 spiro atoms. The molecule has 13 unspecified atom stereocenters. The Morgan fingerprint density at radius 2 is 1.65 bits per heavy atom. The van der Waals surface area contributed by atoms with E-state index in [1.54, 1.807) is 0 Å². The molecule has 1 heterocycles. The minimum atomic E-state index is -1.47. The van der Waals surface area contributed by atoms with Crippen LogP contribution in [0.5, 0.6) is 0 Å². The zero-order chi connectivity index (χ0) is 24.8. The van der Waals surface area contributed by atoms with Gasteiger partial charge in [-0.3, -0.25) is 0 Å². The maximum atomic E-state index is 11.4. The maximum Gasteiger partial charge on any atom is 0.186 e. The van der Waals surface area contributed by atoms with E-state index in [9.17, 15) is 30.6 Å². The van der Waals surface area contributed by atoms with E-state index in [1.165, 1.54) is 0 Å². The first-order chi connectivity index (χ1) is 15.9. The number of hydrogen-bond acceptors (Lipinski definition) is 8. The van der Waals surface area contributed by atoms with Crippen LogP contribution in [0.25, 0.3) is 0 Å². The summed E-state index contributed by atoms with van der Waals surface area (Å²) in [5.74, 6) is 0.457. The highest BCUT2D eigenvalue weighted by Gasteiger charge is 2.70. The van der Waals surface area contributed by atoms with Gasteiger partial charge in [0.15, 0.2) is 6.29 Å². The van der Waals surface area contributed by atoms with Gasteiger partial charge >= 0.3 is 0 Å². The van der Waals surface area contributed by atoms with Crippen molar-refractivity contribution >= 4 is 0 Å². The van der Waals surface area contributed by atoms with Crippen molar-refractivity contribution in [2.24, 2.45) is 34.0 Å². The van der Waals surface area contributed by atoms with E-state index in [4.69, 9.17) is 9.47 Å². The quantitative estimate of drug-likeness (QED) is 0.255. The largest absolute Gasteiger partial charge is 0.394 e. The first-order valence-electron chi connectivity index (χ1n) is 12.9. The SMILES string of the molecule is C=C1C2CCC3C4(C)CC(OC5OC(CO)C(O)C(O)C5O)CC(C)(C)C4CCC3(C1O)C2O. The van der Waals surface area contributed by atoms with Crippen LogP contribution in [-0.4, -0.2) is 86.3 Å². The number of aliphatic hydroxyl groups is 6. The van der Waals surface area contributed by atoms with Crippen LogP contribution in [0.15, 0.2) is 12.2 Å². The van der Waals surface area contributed by atoms with E-state index in [2.05, 4.69) is 27.4 Å². The van der Waals surface area contributed by atoms with E-state index >= 15 is 0 Å². The zero-order valence-corrected chi connectivity index (χ0v) is 20.5. The molecule has 5 rings (SSSR count). The summed E-state index contributed by atoms with van der Waals surface area (Å²) in [4.78, 5) is 0. The molecule has 5 aliphatic rings. The summed E-state index contributed by atoms with van der Waals surface area (Å²) >= 11 is 0. The van der Waals surface area contributed by atoms with Crippen LogP contribution in [0.2, 0.25) is 0 Å². The second kappa shape index (κ2) is 8.21. The van der Waals surface area contributed by atoms with Gasteiger partial charge in [-0.05, 0) is 66.8 Å². The van der Waals surface area contributed by atoms with Gasteiger partial charge in [0, 0.05) is 11.3 Å². The van der Waals surface area contributed by atoms with Crippen LogP contribution in [0, 0.1) is 34.0 Å². The van der Waals surface area contributed by atoms with Crippen molar-refractivity contribution in [2.75, 3.05) is 6.61 Å². The van der Waals surface area contributed by atoms with Gasteiger partial charge in [0.05, 0.1) is 24.9 Å². The van der Waals surface area contributed by atoms with Crippen LogP contribution >= 0.6 is 0 Å². The summed E-state index contributed by atoms with van der Waals surface area (Å²) in [5.41, 5.74) is -0.0976. The van der Waals surface area contributed by atoms with Crippen LogP contribution < -0.4 is 0 Å². The highest BCUT2D eigenvalue weighted by molar-refractivity contribution is 5.31. The van der Waals surface area contributed by atoms with E-state index in [0.29, 0.717) is 12.3 Å². The Morgan fingerprint density at radius 1 is 0.941 bits per heavy atom. The number of fused-ring (bicyclic) bond motifs is 3. The fourth-order valence-electron chi connectivity index (χ4n) is 9.34. The van der Waals surface area contributed by atoms with Crippen LogP contribution in [0.4, 0.5) is 0 Å². The summed E-state index contributed by atoms with van der Waals surface area (Å²) in [7, 11) is 0. The van der Waals surface area contributed by atoms with Crippen molar-refractivity contribution < 1.29 is 40.1 Å². The third-order valence-corrected chi connectivity index (χ3v) is 10.7. The van der Waals surface area contributed by atoms with Gasteiger partial charge in [-0.2, -0.15) is 0 Å². The minimum Gasteiger partial charge on any atom is -0.394 e. The molecule has 1 aliphatic heterocycles. The minimum absolute atomic E-state index is 0.0378. The van der Waals surface area contributed by atoms with E-state index < -0.39 is 54.9 Å².